The lowest BCUT2D eigenvalue weighted by Crippen LogP contribution is -2.44. The molecule has 0 bridgehead atoms. The number of nitrogen functional groups attached to an aromatic ring is 1. The van der Waals surface area contributed by atoms with Crippen LogP contribution in [-0.2, 0) is 14.1 Å². The van der Waals surface area contributed by atoms with Crippen molar-refractivity contribution in [2.45, 2.75) is 0 Å². The number of aromatic nitrogens is 4. The minimum atomic E-state index is -0.457. The summed E-state index contributed by atoms with van der Waals surface area (Å²) in [6.07, 6.45) is 1.54. The zero-order chi connectivity index (χ0) is 10.5. The van der Waals surface area contributed by atoms with Gasteiger partial charge >= 0.3 is 5.69 Å². The van der Waals surface area contributed by atoms with Crippen molar-refractivity contribution in [1.82, 2.24) is 18.8 Å². The molecular formula is C7H10N6O. The SMILES string of the molecule is Cn1cnc2c1c(=N)n(N)c(=O)n2C. The Bertz CT molecular complexity index is 615. The van der Waals surface area contributed by atoms with E-state index in [1.807, 2.05) is 0 Å². The highest BCUT2D eigenvalue weighted by atomic mass is 16.2. The summed E-state index contributed by atoms with van der Waals surface area (Å²) >= 11 is 0. The first kappa shape index (κ1) is 8.54. The number of hydrogen-bond acceptors (Lipinski definition) is 4. The maximum Gasteiger partial charge on any atom is 0.349 e. The summed E-state index contributed by atoms with van der Waals surface area (Å²) in [4.78, 5) is 15.5. The number of rotatable bonds is 0. The molecule has 74 valence electrons. The van der Waals surface area contributed by atoms with Gasteiger partial charge in [-0.3, -0.25) is 9.98 Å². The molecule has 0 saturated heterocycles. The van der Waals surface area contributed by atoms with E-state index in [1.165, 1.54) is 4.57 Å². The number of imidazole rings is 1. The standard InChI is InChI=1S/C7H10N6O/c1-11-3-10-6-4(11)5(8)13(9)7(14)12(6)2/h3,8H,9H2,1-2H3. The van der Waals surface area contributed by atoms with Gasteiger partial charge in [0.1, 0.15) is 5.52 Å². The fraction of sp³-hybridized carbons (Fsp3) is 0.286. The van der Waals surface area contributed by atoms with E-state index in [-0.39, 0.29) is 5.49 Å². The van der Waals surface area contributed by atoms with Crippen molar-refractivity contribution in [3.8, 4) is 0 Å². The Hall–Kier alpha value is -2.05. The average Bonchev–Trinajstić information content (AvgIpc) is 2.54. The van der Waals surface area contributed by atoms with Gasteiger partial charge in [-0.1, -0.05) is 0 Å². The van der Waals surface area contributed by atoms with Gasteiger partial charge in [0.25, 0.3) is 0 Å². The predicted molar refractivity (Wildman–Crippen MR) is 50.0 cm³/mol. The van der Waals surface area contributed by atoms with E-state index in [4.69, 9.17) is 11.3 Å². The van der Waals surface area contributed by atoms with Crippen LogP contribution in [0, 0.1) is 5.41 Å². The second-order valence-electron chi connectivity index (χ2n) is 3.09. The smallest absolute Gasteiger partial charge is 0.333 e. The van der Waals surface area contributed by atoms with E-state index >= 15 is 0 Å². The van der Waals surface area contributed by atoms with Crippen molar-refractivity contribution < 1.29 is 0 Å². The largest absolute Gasteiger partial charge is 0.349 e. The zero-order valence-corrected chi connectivity index (χ0v) is 7.85. The molecule has 2 aromatic rings. The van der Waals surface area contributed by atoms with Gasteiger partial charge in [-0.2, -0.15) is 4.68 Å². The summed E-state index contributed by atoms with van der Waals surface area (Å²) < 4.78 is 3.76. The third-order valence-corrected chi connectivity index (χ3v) is 2.19. The summed E-state index contributed by atoms with van der Waals surface area (Å²) in [5.41, 5.74) is 0.503. The second-order valence-corrected chi connectivity index (χ2v) is 3.09. The predicted octanol–water partition coefficient (Wildman–Crippen LogP) is -1.73. The molecule has 2 rings (SSSR count). The van der Waals surface area contributed by atoms with E-state index in [9.17, 15) is 4.79 Å². The molecule has 0 aliphatic heterocycles. The van der Waals surface area contributed by atoms with Crippen LogP contribution >= 0.6 is 0 Å². The molecule has 7 heteroatoms. The van der Waals surface area contributed by atoms with Crippen LogP contribution in [0.2, 0.25) is 0 Å². The molecule has 2 heterocycles. The molecule has 0 spiro atoms. The van der Waals surface area contributed by atoms with Crippen LogP contribution in [0.1, 0.15) is 0 Å². The molecule has 0 fully saturated rings. The molecule has 0 aliphatic rings. The normalized spacial score (nSPS) is 11.0. The first-order chi connectivity index (χ1) is 6.54. The van der Waals surface area contributed by atoms with Crippen LogP contribution < -0.4 is 17.0 Å². The Morgan fingerprint density at radius 2 is 2.14 bits per heavy atom. The molecule has 2 aromatic heterocycles. The van der Waals surface area contributed by atoms with Gasteiger partial charge in [0.15, 0.2) is 11.1 Å². The molecule has 0 amide bonds. The monoisotopic (exact) mass is 194 g/mol. The van der Waals surface area contributed by atoms with E-state index in [2.05, 4.69) is 4.98 Å². The quantitative estimate of drug-likeness (QED) is 0.488. The minimum absolute atomic E-state index is 0.0388. The van der Waals surface area contributed by atoms with Gasteiger partial charge in [-0.15, -0.1) is 0 Å². The number of nitrogens with one attached hydrogen (secondary N) is 1. The summed E-state index contributed by atoms with van der Waals surface area (Å²) in [6.45, 7) is 0. The summed E-state index contributed by atoms with van der Waals surface area (Å²) in [6, 6.07) is 0. The Labute approximate surface area is 78.5 Å². The summed E-state index contributed by atoms with van der Waals surface area (Å²) in [7, 11) is 3.32. The Balaban J connectivity index is 3.22. The molecule has 0 aromatic carbocycles. The Kier molecular flexibility index (Phi) is 1.51. The lowest BCUT2D eigenvalue weighted by Gasteiger charge is -2.04. The summed E-state index contributed by atoms with van der Waals surface area (Å²) in [5.74, 6) is 5.43. The van der Waals surface area contributed by atoms with Crippen molar-refractivity contribution in [3.63, 3.8) is 0 Å². The second kappa shape index (κ2) is 2.47. The topological polar surface area (TPSA) is 94.6 Å². The maximum absolute atomic E-state index is 11.4. The fourth-order valence-electron chi connectivity index (χ4n) is 1.40. The van der Waals surface area contributed by atoms with Crippen LogP contribution in [0.15, 0.2) is 11.1 Å². The molecule has 0 saturated carbocycles. The number of fused-ring (bicyclic) bond motifs is 1. The molecule has 0 aliphatic carbocycles. The molecule has 0 unspecified atom stereocenters. The lowest BCUT2D eigenvalue weighted by atomic mass is 10.5. The van der Waals surface area contributed by atoms with E-state index in [0.29, 0.717) is 11.2 Å². The van der Waals surface area contributed by atoms with Crippen molar-refractivity contribution in [2.75, 3.05) is 5.84 Å². The number of nitrogens with two attached hydrogens (primary N) is 1. The third kappa shape index (κ3) is 0.832. The van der Waals surface area contributed by atoms with Gasteiger partial charge in [0.2, 0.25) is 0 Å². The molecular weight excluding hydrogens is 184 g/mol. The fourth-order valence-corrected chi connectivity index (χ4v) is 1.40. The molecule has 0 atom stereocenters. The first-order valence-electron chi connectivity index (χ1n) is 3.96. The molecule has 0 radical (unpaired) electrons. The van der Waals surface area contributed by atoms with Crippen LogP contribution in [0.4, 0.5) is 0 Å². The number of hydrogen-bond donors (Lipinski definition) is 2. The minimum Gasteiger partial charge on any atom is -0.333 e. The van der Waals surface area contributed by atoms with Crippen molar-refractivity contribution >= 4 is 11.2 Å². The highest BCUT2D eigenvalue weighted by Crippen LogP contribution is 2.01. The first-order valence-corrected chi connectivity index (χ1v) is 3.96. The Morgan fingerprint density at radius 3 is 2.79 bits per heavy atom. The molecule has 3 N–H and O–H groups in total. The van der Waals surface area contributed by atoms with Gasteiger partial charge in [-0.25, -0.2) is 9.78 Å². The van der Waals surface area contributed by atoms with Crippen LogP contribution in [0.25, 0.3) is 11.2 Å². The third-order valence-electron chi connectivity index (χ3n) is 2.19. The lowest BCUT2D eigenvalue weighted by molar-refractivity contribution is 0.721. The van der Waals surface area contributed by atoms with Crippen molar-refractivity contribution in [1.29, 1.82) is 5.41 Å². The number of nitrogens with zero attached hydrogens (tertiary/aromatic N) is 4. The number of aryl methyl sites for hydroxylation is 2. The van der Waals surface area contributed by atoms with Crippen LogP contribution in [-0.4, -0.2) is 18.8 Å². The highest BCUT2D eigenvalue weighted by molar-refractivity contribution is 5.69. The van der Waals surface area contributed by atoms with Crippen LogP contribution in [0.5, 0.6) is 0 Å². The highest BCUT2D eigenvalue weighted by Gasteiger charge is 2.09. The zero-order valence-electron chi connectivity index (χ0n) is 7.85. The van der Waals surface area contributed by atoms with Crippen molar-refractivity contribution in [2.24, 2.45) is 14.1 Å². The van der Waals surface area contributed by atoms with Crippen LogP contribution in [0.3, 0.4) is 0 Å². The Morgan fingerprint density at radius 1 is 1.50 bits per heavy atom. The average molecular weight is 194 g/mol. The van der Waals surface area contributed by atoms with E-state index < -0.39 is 5.69 Å². The molecule has 7 nitrogen and oxygen atoms in total. The van der Waals surface area contributed by atoms with E-state index in [1.54, 1.807) is 25.0 Å². The summed E-state index contributed by atoms with van der Waals surface area (Å²) in [5, 5.41) is 7.65. The van der Waals surface area contributed by atoms with E-state index in [0.717, 1.165) is 4.68 Å². The van der Waals surface area contributed by atoms with Gasteiger partial charge < -0.3 is 10.4 Å². The maximum atomic E-state index is 11.4. The van der Waals surface area contributed by atoms with Gasteiger partial charge in [-0.05, 0) is 0 Å². The molecule has 14 heavy (non-hydrogen) atoms. The van der Waals surface area contributed by atoms with Crippen molar-refractivity contribution in [3.05, 3.63) is 22.3 Å². The van der Waals surface area contributed by atoms with Gasteiger partial charge in [0.05, 0.1) is 6.33 Å². The van der Waals surface area contributed by atoms with Gasteiger partial charge in [0, 0.05) is 14.1 Å².